The van der Waals surface area contributed by atoms with Crippen molar-refractivity contribution in [2.24, 2.45) is 0 Å². The van der Waals surface area contributed by atoms with Crippen molar-refractivity contribution in [3.05, 3.63) is 57.2 Å². The van der Waals surface area contributed by atoms with Crippen LogP contribution in [0.5, 0.6) is 0 Å². The standard InChI is InChI=1S/C23H25ClF3N5O2S/c1-12-8-32(9-13(2)29-12)21-16-6-17(23(25,26)27)18(24)20(19(16)30-22(34)31-21)35-11-15(10-33)14-4-3-5-28-7-14/h3-7,12-13,15,29,33H,8-11H2,1-2H3,(H,30,31,34)/t12-,13+,15?. The average Bonchev–Trinajstić information content (AvgIpc) is 2.79. The van der Waals surface area contributed by atoms with Crippen LogP contribution in [0.2, 0.25) is 5.02 Å². The number of piperazine rings is 1. The second-order valence-corrected chi connectivity index (χ2v) is 10.1. The highest BCUT2D eigenvalue weighted by Gasteiger charge is 2.36. The third-order valence-electron chi connectivity index (χ3n) is 5.87. The van der Waals surface area contributed by atoms with E-state index in [4.69, 9.17) is 11.6 Å². The summed E-state index contributed by atoms with van der Waals surface area (Å²) in [6, 6.07) is 4.59. The summed E-state index contributed by atoms with van der Waals surface area (Å²) in [5, 5.41) is 12.9. The Kier molecular flexibility index (Phi) is 7.60. The van der Waals surface area contributed by atoms with Gasteiger partial charge in [-0.25, -0.2) is 4.79 Å². The number of fused-ring (bicyclic) bond motifs is 1. The van der Waals surface area contributed by atoms with E-state index in [9.17, 15) is 23.1 Å². The van der Waals surface area contributed by atoms with E-state index < -0.39 is 28.4 Å². The first-order valence-corrected chi connectivity index (χ1v) is 12.4. The zero-order valence-corrected chi connectivity index (χ0v) is 20.6. The van der Waals surface area contributed by atoms with E-state index in [0.29, 0.717) is 13.1 Å². The molecule has 0 saturated carbocycles. The maximum Gasteiger partial charge on any atom is 0.417 e. The summed E-state index contributed by atoms with van der Waals surface area (Å²) in [4.78, 5) is 25.2. The number of anilines is 1. The smallest absolute Gasteiger partial charge is 0.396 e. The van der Waals surface area contributed by atoms with Gasteiger partial charge in [0.15, 0.2) is 0 Å². The number of aliphatic hydroxyl groups excluding tert-OH is 1. The molecule has 7 nitrogen and oxygen atoms in total. The van der Waals surface area contributed by atoms with Gasteiger partial charge in [0.25, 0.3) is 0 Å². The zero-order chi connectivity index (χ0) is 25.3. The Morgan fingerprint density at radius 1 is 1.31 bits per heavy atom. The Morgan fingerprint density at radius 2 is 2.03 bits per heavy atom. The van der Waals surface area contributed by atoms with Crippen LogP contribution in [0.3, 0.4) is 0 Å². The molecule has 12 heteroatoms. The number of nitrogens with zero attached hydrogens (tertiary/aromatic N) is 3. The Labute approximate surface area is 209 Å². The van der Waals surface area contributed by atoms with Crippen LogP contribution in [0.15, 0.2) is 40.3 Å². The van der Waals surface area contributed by atoms with Crippen LogP contribution in [-0.4, -0.2) is 57.6 Å². The maximum atomic E-state index is 14.0. The summed E-state index contributed by atoms with van der Waals surface area (Å²) in [7, 11) is 0. The highest BCUT2D eigenvalue weighted by molar-refractivity contribution is 7.99. The molecule has 35 heavy (non-hydrogen) atoms. The average molecular weight is 528 g/mol. The van der Waals surface area contributed by atoms with E-state index in [1.165, 1.54) is 0 Å². The van der Waals surface area contributed by atoms with Gasteiger partial charge < -0.3 is 20.3 Å². The molecule has 1 saturated heterocycles. The van der Waals surface area contributed by atoms with Crippen molar-refractivity contribution in [2.45, 2.75) is 42.9 Å². The second-order valence-electron chi connectivity index (χ2n) is 8.70. The van der Waals surface area contributed by atoms with Gasteiger partial charge in [-0.05, 0) is 31.5 Å². The molecule has 3 aromatic rings. The van der Waals surface area contributed by atoms with Crippen molar-refractivity contribution in [3.8, 4) is 0 Å². The first-order chi connectivity index (χ1) is 16.6. The first kappa shape index (κ1) is 25.7. The molecule has 4 rings (SSSR count). The van der Waals surface area contributed by atoms with Crippen LogP contribution in [0, 0.1) is 0 Å². The molecule has 1 aliphatic rings. The number of H-pyrrole nitrogens is 1. The van der Waals surface area contributed by atoms with Crippen molar-refractivity contribution in [1.82, 2.24) is 20.3 Å². The van der Waals surface area contributed by atoms with Gasteiger partial charge in [0.05, 0.1) is 27.6 Å². The van der Waals surface area contributed by atoms with Crippen LogP contribution in [-0.2, 0) is 6.18 Å². The summed E-state index contributed by atoms with van der Waals surface area (Å²) in [6.07, 6.45) is -1.51. The molecule has 0 bridgehead atoms. The first-order valence-electron chi connectivity index (χ1n) is 11.1. The van der Waals surface area contributed by atoms with E-state index in [-0.39, 0.29) is 46.1 Å². The summed E-state index contributed by atoms with van der Waals surface area (Å²) < 4.78 is 42.0. The number of aliphatic hydroxyl groups is 1. The summed E-state index contributed by atoms with van der Waals surface area (Å²) in [6.45, 7) is 4.66. The van der Waals surface area contributed by atoms with Gasteiger partial charge >= 0.3 is 11.9 Å². The fourth-order valence-electron chi connectivity index (χ4n) is 4.36. The minimum atomic E-state index is -4.71. The van der Waals surface area contributed by atoms with E-state index >= 15 is 0 Å². The number of aromatic amines is 1. The Balaban J connectivity index is 1.85. The number of halogens is 4. The summed E-state index contributed by atoms with van der Waals surface area (Å²) in [5.41, 5.74) is -0.725. The van der Waals surface area contributed by atoms with Gasteiger partial charge in [0.2, 0.25) is 0 Å². The third kappa shape index (κ3) is 5.58. The van der Waals surface area contributed by atoms with Gasteiger partial charge in [-0.15, -0.1) is 11.8 Å². The molecule has 0 aliphatic carbocycles. The molecule has 3 N–H and O–H groups in total. The van der Waals surface area contributed by atoms with Gasteiger partial charge in [0.1, 0.15) is 5.82 Å². The van der Waals surface area contributed by atoms with Crippen molar-refractivity contribution >= 4 is 40.1 Å². The lowest BCUT2D eigenvalue weighted by Gasteiger charge is -2.37. The molecule has 188 valence electrons. The van der Waals surface area contributed by atoms with E-state index in [2.05, 4.69) is 20.3 Å². The minimum Gasteiger partial charge on any atom is -0.396 e. The van der Waals surface area contributed by atoms with Crippen LogP contribution in [0.25, 0.3) is 10.9 Å². The number of thioether (sulfide) groups is 1. The molecule has 1 aliphatic heterocycles. The molecule has 3 heterocycles. The molecule has 2 aromatic heterocycles. The van der Waals surface area contributed by atoms with Crippen molar-refractivity contribution in [1.29, 1.82) is 0 Å². The second kappa shape index (κ2) is 10.3. The van der Waals surface area contributed by atoms with E-state index in [1.807, 2.05) is 18.7 Å². The van der Waals surface area contributed by atoms with Gasteiger partial charge in [-0.1, -0.05) is 17.7 Å². The number of benzene rings is 1. The predicted molar refractivity (Wildman–Crippen MR) is 131 cm³/mol. The lowest BCUT2D eigenvalue weighted by molar-refractivity contribution is -0.137. The predicted octanol–water partition coefficient (Wildman–Crippen LogP) is 4.05. The van der Waals surface area contributed by atoms with Crippen molar-refractivity contribution in [2.75, 3.05) is 30.3 Å². The molecule has 0 radical (unpaired) electrons. The summed E-state index contributed by atoms with van der Waals surface area (Å²) in [5.74, 6) is 0.0240. The van der Waals surface area contributed by atoms with Crippen LogP contribution in [0.4, 0.5) is 19.0 Å². The number of pyridine rings is 1. The Bertz CT molecular complexity index is 1250. The third-order valence-corrected chi connectivity index (χ3v) is 7.64. The highest BCUT2D eigenvalue weighted by Crippen LogP contribution is 2.45. The fraction of sp³-hybridized carbons (Fsp3) is 0.435. The largest absolute Gasteiger partial charge is 0.417 e. The van der Waals surface area contributed by atoms with Gasteiger partial charge in [-0.2, -0.15) is 18.2 Å². The minimum absolute atomic E-state index is 0.0583. The number of hydrogen-bond acceptors (Lipinski definition) is 7. The van der Waals surface area contributed by atoms with Crippen molar-refractivity contribution < 1.29 is 18.3 Å². The van der Waals surface area contributed by atoms with Crippen LogP contribution >= 0.6 is 23.4 Å². The summed E-state index contributed by atoms with van der Waals surface area (Å²) >= 11 is 7.35. The Hall–Kier alpha value is -2.34. The molecular formula is C23H25ClF3N5O2S. The normalized spacial score (nSPS) is 19.8. The fourth-order valence-corrected chi connectivity index (χ4v) is 5.99. The Morgan fingerprint density at radius 3 is 2.63 bits per heavy atom. The topological polar surface area (TPSA) is 94.1 Å². The molecule has 1 unspecified atom stereocenters. The SMILES string of the molecule is C[C@@H]1CN(c2nc(=O)[nH]c3c(SCC(CO)c4cccnc4)c(Cl)c(C(F)(F)F)cc23)C[C@H](C)N1. The molecule has 1 aromatic carbocycles. The molecule has 0 spiro atoms. The van der Waals surface area contributed by atoms with E-state index in [1.54, 1.807) is 24.5 Å². The number of hydrogen-bond donors (Lipinski definition) is 3. The van der Waals surface area contributed by atoms with Crippen molar-refractivity contribution in [3.63, 3.8) is 0 Å². The van der Waals surface area contributed by atoms with Gasteiger partial charge in [-0.3, -0.25) is 4.98 Å². The number of nitrogens with one attached hydrogen (secondary N) is 2. The highest BCUT2D eigenvalue weighted by atomic mass is 35.5. The molecule has 1 fully saturated rings. The molecule has 3 atom stereocenters. The zero-order valence-electron chi connectivity index (χ0n) is 19.1. The maximum absolute atomic E-state index is 14.0. The monoisotopic (exact) mass is 527 g/mol. The molecular weight excluding hydrogens is 503 g/mol. The number of rotatable bonds is 6. The molecule has 0 amide bonds. The quantitative estimate of drug-likeness (QED) is 0.416. The lowest BCUT2D eigenvalue weighted by Crippen LogP contribution is -2.54. The number of alkyl halides is 3. The lowest BCUT2D eigenvalue weighted by atomic mass is 10.1. The van der Waals surface area contributed by atoms with E-state index in [0.717, 1.165) is 23.4 Å². The van der Waals surface area contributed by atoms with Crippen LogP contribution < -0.4 is 15.9 Å². The number of aromatic nitrogens is 3. The van der Waals surface area contributed by atoms with Crippen LogP contribution in [0.1, 0.15) is 30.9 Å². The van der Waals surface area contributed by atoms with Gasteiger partial charge in [0, 0.05) is 54.6 Å².